The Bertz CT molecular complexity index is 429. The minimum absolute atomic E-state index is 0.0703. The largest absolute Gasteiger partial charge is 0.464 e. The summed E-state index contributed by atoms with van der Waals surface area (Å²) in [6, 6.07) is 6.05. The Kier molecular flexibility index (Phi) is 5.88. The molecule has 0 saturated carbocycles. The molecule has 0 aliphatic rings. The molecule has 6 heteroatoms. The van der Waals surface area contributed by atoms with Gasteiger partial charge < -0.3 is 14.6 Å². The molecule has 0 saturated heterocycles. The number of esters is 1. The molecule has 0 aromatic heterocycles. The van der Waals surface area contributed by atoms with Gasteiger partial charge in [-0.25, -0.2) is 4.79 Å². The van der Waals surface area contributed by atoms with Crippen molar-refractivity contribution in [2.24, 2.45) is 0 Å². The van der Waals surface area contributed by atoms with Crippen LogP contribution in [-0.2, 0) is 16.0 Å². The van der Waals surface area contributed by atoms with Crippen molar-refractivity contribution in [2.45, 2.75) is 38.9 Å². The molecule has 1 unspecified atom stereocenters. The molecule has 0 heterocycles. The van der Waals surface area contributed by atoms with E-state index in [0.29, 0.717) is 6.42 Å². The highest BCUT2D eigenvalue weighted by Gasteiger charge is 2.31. The standard InChI is InChI=1S/C14H18F2O4/c1-3-19-12(17)14(2,18)9-8-10-4-6-11(7-5-10)20-13(15)16/h4-7,13,18H,3,8-9H2,1-2H3. The maximum Gasteiger partial charge on any atom is 0.387 e. The number of aryl methyl sites for hydroxylation is 1. The van der Waals surface area contributed by atoms with Crippen molar-refractivity contribution in [1.29, 1.82) is 0 Å². The second-order valence-electron chi connectivity index (χ2n) is 4.52. The van der Waals surface area contributed by atoms with Gasteiger partial charge >= 0.3 is 12.6 Å². The van der Waals surface area contributed by atoms with Gasteiger partial charge in [-0.05, 0) is 44.4 Å². The van der Waals surface area contributed by atoms with Crippen molar-refractivity contribution < 1.29 is 28.2 Å². The molecule has 1 aromatic rings. The molecule has 20 heavy (non-hydrogen) atoms. The minimum atomic E-state index is -2.86. The van der Waals surface area contributed by atoms with Crippen molar-refractivity contribution in [1.82, 2.24) is 0 Å². The summed E-state index contributed by atoms with van der Waals surface area (Å²) in [5, 5.41) is 9.95. The molecule has 0 aliphatic heterocycles. The van der Waals surface area contributed by atoms with Crippen LogP contribution in [0.2, 0.25) is 0 Å². The van der Waals surface area contributed by atoms with Crippen LogP contribution < -0.4 is 4.74 Å². The zero-order valence-corrected chi connectivity index (χ0v) is 11.4. The van der Waals surface area contributed by atoms with Crippen LogP contribution in [-0.4, -0.2) is 29.9 Å². The van der Waals surface area contributed by atoms with Crippen LogP contribution in [0.15, 0.2) is 24.3 Å². The molecule has 112 valence electrons. The number of carbonyl (C=O) groups is 1. The van der Waals surface area contributed by atoms with Crippen molar-refractivity contribution in [3.8, 4) is 5.75 Å². The average molecular weight is 288 g/mol. The molecule has 0 amide bonds. The first kappa shape index (κ1) is 16.4. The number of rotatable bonds is 7. The number of benzene rings is 1. The summed E-state index contributed by atoms with van der Waals surface area (Å²) in [4.78, 5) is 11.5. The van der Waals surface area contributed by atoms with Gasteiger partial charge in [-0.15, -0.1) is 0 Å². The Morgan fingerprint density at radius 3 is 2.45 bits per heavy atom. The van der Waals surface area contributed by atoms with E-state index in [0.717, 1.165) is 5.56 Å². The van der Waals surface area contributed by atoms with Gasteiger partial charge in [0.15, 0.2) is 5.60 Å². The predicted molar refractivity (Wildman–Crippen MR) is 68.7 cm³/mol. The lowest BCUT2D eigenvalue weighted by atomic mass is 9.97. The molecule has 0 bridgehead atoms. The van der Waals surface area contributed by atoms with Gasteiger partial charge in [0.25, 0.3) is 0 Å². The first-order valence-electron chi connectivity index (χ1n) is 6.28. The topological polar surface area (TPSA) is 55.8 Å². The van der Waals surface area contributed by atoms with E-state index in [1.807, 2.05) is 0 Å². The van der Waals surface area contributed by atoms with Gasteiger partial charge in [-0.3, -0.25) is 0 Å². The van der Waals surface area contributed by atoms with Gasteiger partial charge in [0.1, 0.15) is 5.75 Å². The van der Waals surface area contributed by atoms with Crippen LogP contribution in [0.3, 0.4) is 0 Å². The lowest BCUT2D eigenvalue weighted by molar-refractivity contribution is -0.163. The Morgan fingerprint density at radius 2 is 1.95 bits per heavy atom. The summed E-state index contributed by atoms with van der Waals surface area (Å²) < 4.78 is 33.0. The molecule has 0 aliphatic carbocycles. The number of aliphatic hydroxyl groups is 1. The van der Waals surface area contributed by atoms with Crippen molar-refractivity contribution >= 4 is 5.97 Å². The summed E-state index contributed by atoms with van der Waals surface area (Å²) >= 11 is 0. The Labute approximate surface area is 116 Å². The summed E-state index contributed by atoms with van der Waals surface area (Å²) in [6.45, 7) is 0.397. The lowest BCUT2D eigenvalue weighted by Gasteiger charge is -2.20. The van der Waals surface area contributed by atoms with Crippen molar-refractivity contribution in [2.75, 3.05) is 6.61 Å². The highest BCUT2D eigenvalue weighted by atomic mass is 19.3. The smallest absolute Gasteiger partial charge is 0.387 e. The molecule has 0 fully saturated rings. The SMILES string of the molecule is CCOC(=O)C(C)(O)CCc1ccc(OC(F)F)cc1. The Morgan fingerprint density at radius 1 is 1.35 bits per heavy atom. The normalized spacial score (nSPS) is 13.9. The third-order valence-electron chi connectivity index (χ3n) is 2.76. The quantitative estimate of drug-likeness (QED) is 0.783. The van der Waals surface area contributed by atoms with Crippen LogP contribution in [0.25, 0.3) is 0 Å². The van der Waals surface area contributed by atoms with E-state index in [2.05, 4.69) is 4.74 Å². The number of hydrogen-bond acceptors (Lipinski definition) is 4. The molecule has 0 radical (unpaired) electrons. The van der Waals surface area contributed by atoms with Gasteiger partial charge in [0, 0.05) is 0 Å². The molecule has 1 atom stereocenters. The van der Waals surface area contributed by atoms with Crippen LogP contribution in [0.4, 0.5) is 8.78 Å². The first-order valence-corrected chi connectivity index (χ1v) is 6.28. The van der Waals surface area contributed by atoms with Gasteiger partial charge in [0.2, 0.25) is 0 Å². The van der Waals surface area contributed by atoms with E-state index in [9.17, 15) is 18.7 Å². The maximum atomic E-state index is 12.0. The second-order valence-corrected chi connectivity index (χ2v) is 4.52. The second kappa shape index (κ2) is 7.19. The molecule has 1 N–H and O–H groups in total. The highest BCUT2D eigenvalue weighted by molar-refractivity contribution is 5.78. The zero-order chi connectivity index (χ0) is 15.2. The van der Waals surface area contributed by atoms with E-state index in [1.54, 1.807) is 19.1 Å². The molecule has 1 rings (SSSR count). The number of hydrogen-bond donors (Lipinski definition) is 1. The summed E-state index contributed by atoms with van der Waals surface area (Å²) in [6.07, 6.45) is 0.599. The first-order chi connectivity index (χ1) is 9.35. The zero-order valence-electron chi connectivity index (χ0n) is 11.4. The fourth-order valence-corrected chi connectivity index (χ4v) is 1.61. The van der Waals surface area contributed by atoms with Gasteiger partial charge in [0.05, 0.1) is 6.61 Å². The van der Waals surface area contributed by atoms with Crippen LogP contribution in [0, 0.1) is 0 Å². The monoisotopic (exact) mass is 288 g/mol. The summed E-state index contributed by atoms with van der Waals surface area (Å²) in [7, 11) is 0. The van der Waals surface area contributed by atoms with Gasteiger partial charge in [-0.1, -0.05) is 12.1 Å². The van der Waals surface area contributed by atoms with E-state index >= 15 is 0 Å². The Balaban J connectivity index is 2.55. The molecule has 4 nitrogen and oxygen atoms in total. The fourth-order valence-electron chi connectivity index (χ4n) is 1.61. The number of carbonyl (C=O) groups excluding carboxylic acids is 1. The summed E-state index contributed by atoms with van der Waals surface area (Å²) in [5.74, 6) is -0.599. The molecule has 0 spiro atoms. The van der Waals surface area contributed by atoms with Crippen molar-refractivity contribution in [3.63, 3.8) is 0 Å². The van der Waals surface area contributed by atoms with E-state index in [1.165, 1.54) is 19.1 Å². The maximum absolute atomic E-state index is 12.0. The molecule has 1 aromatic carbocycles. The third kappa shape index (κ3) is 5.13. The van der Waals surface area contributed by atoms with Gasteiger partial charge in [-0.2, -0.15) is 8.78 Å². The van der Waals surface area contributed by atoms with E-state index in [-0.39, 0.29) is 18.8 Å². The number of ether oxygens (including phenoxy) is 2. The van der Waals surface area contributed by atoms with Crippen LogP contribution >= 0.6 is 0 Å². The number of halogens is 2. The van der Waals surface area contributed by atoms with Crippen LogP contribution in [0.5, 0.6) is 5.75 Å². The Hall–Kier alpha value is -1.69. The van der Waals surface area contributed by atoms with E-state index in [4.69, 9.17) is 4.74 Å². The molecular weight excluding hydrogens is 270 g/mol. The highest BCUT2D eigenvalue weighted by Crippen LogP contribution is 2.19. The van der Waals surface area contributed by atoms with E-state index < -0.39 is 18.2 Å². The molecular formula is C14H18F2O4. The van der Waals surface area contributed by atoms with Crippen LogP contribution in [0.1, 0.15) is 25.8 Å². The lowest BCUT2D eigenvalue weighted by Crippen LogP contribution is -2.37. The number of alkyl halides is 2. The fraction of sp³-hybridized carbons (Fsp3) is 0.500. The predicted octanol–water partition coefficient (Wildman–Crippen LogP) is 2.53. The average Bonchev–Trinajstić information content (AvgIpc) is 2.37. The third-order valence-corrected chi connectivity index (χ3v) is 2.76. The van der Waals surface area contributed by atoms with Crippen molar-refractivity contribution in [3.05, 3.63) is 29.8 Å². The minimum Gasteiger partial charge on any atom is -0.464 e. The summed E-state index contributed by atoms with van der Waals surface area (Å²) in [5.41, 5.74) is -0.759.